The fourth-order valence-corrected chi connectivity index (χ4v) is 4.18. The zero-order valence-corrected chi connectivity index (χ0v) is 16.3. The van der Waals surface area contributed by atoms with E-state index in [0.29, 0.717) is 5.15 Å². The van der Waals surface area contributed by atoms with Crippen molar-refractivity contribution >= 4 is 28.9 Å². The lowest BCUT2D eigenvalue weighted by atomic mass is 10.0. The molecule has 2 aromatic rings. The van der Waals surface area contributed by atoms with E-state index in [9.17, 15) is 0 Å². The number of likely N-dealkylation sites (tertiary alicyclic amines) is 1. The summed E-state index contributed by atoms with van der Waals surface area (Å²) in [7, 11) is 2.09. The van der Waals surface area contributed by atoms with Crippen molar-refractivity contribution in [2.24, 2.45) is 0 Å². The van der Waals surface area contributed by atoms with Crippen molar-refractivity contribution < 1.29 is 0 Å². The average molecular weight is 372 g/mol. The second-order valence-corrected chi connectivity index (χ2v) is 7.72. The van der Waals surface area contributed by atoms with E-state index in [-0.39, 0.29) is 0 Å². The number of rotatable bonds is 5. The highest BCUT2D eigenvalue weighted by Gasteiger charge is 2.20. The number of nitrogens with zero attached hydrogens (tertiary/aromatic N) is 5. The van der Waals surface area contributed by atoms with E-state index in [0.717, 1.165) is 30.9 Å². The second-order valence-electron chi connectivity index (χ2n) is 7.33. The minimum absolute atomic E-state index is 0.531. The van der Waals surface area contributed by atoms with Crippen LogP contribution in [-0.2, 0) is 6.54 Å². The lowest BCUT2D eigenvalue weighted by molar-refractivity contribution is 0.321. The Morgan fingerprint density at radius 3 is 2.77 bits per heavy atom. The molecule has 0 N–H and O–H groups in total. The normalized spacial score (nSPS) is 17.5. The van der Waals surface area contributed by atoms with Gasteiger partial charge in [-0.3, -0.25) is 4.68 Å². The number of hydrogen-bond donors (Lipinski definition) is 0. The largest absolute Gasteiger partial charge is 0.368 e. The molecule has 0 saturated carbocycles. The third kappa shape index (κ3) is 3.51. The van der Waals surface area contributed by atoms with Gasteiger partial charge >= 0.3 is 0 Å². The Labute approximate surface area is 160 Å². The highest BCUT2D eigenvalue weighted by atomic mass is 35.5. The van der Waals surface area contributed by atoms with Crippen LogP contribution in [0.3, 0.4) is 0 Å². The first-order chi connectivity index (χ1) is 12.6. The first-order valence-electron chi connectivity index (χ1n) is 9.45. The maximum atomic E-state index is 6.09. The predicted molar refractivity (Wildman–Crippen MR) is 108 cm³/mol. The fraction of sp³-hybridized carbons (Fsp3) is 0.500. The maximum absolute atomic E-state index is 6.09. The van der Waals surface area contributed by atoms with Gasteiger partial charge in [-0.15, -0.1) is 0 Å². The van der Waals surface area contributed by atoms with Crippen LogP contribution in [0.1, 0.15) is 36.2 Å². The molecule has 2 aliphatic heterocycles. The van der Waals surface area contributed by atoms with E-state index in [1.807, 2.05) is 18.3 Å². The third-order valence-electron chi connectivity index (χ3n) is 5.49. The highest BCUT2D eigenvalue weighted by Crippen LogP contribution is 2.32. The van der Waals surface area contributed by atoms with Crippen LogP contribution in [0.15, 0.2) is 18.3 Å². The smallest absolute Gasteiger partial charge is 0.129 e. The third-order valence-corrected chi connectivity index (χ3v) is 5.70. The molecule has 4 rings (SSSR count). The van der Waals surface area contributed by atoms with Crippen molar-refractivity contribution in [2.75, 3.05) is 38.1 Å². The number of anilines is 1. The molecule has 0 aliphatic carbocycles. The first kappa shape index (κ1) is 17.6. The van der Waals surface area contributed by atoms with E-state index in [1.165, 1.54) is 49.3 Å². The number of likely N-dealkylation sites (N-methyl/N-ethyl adjacent to an activating group) is 1. The predicted octanol–water partition coefficient (Wildman–Crippen LogP) is 3.72. The van der Waals surface area contributed by atoms with Crippen molar-refractivity contribution in [3.05, 3.63) is 40.4 Å². The molecule has 0 aromatic carbocycles. The van der Waals surface area contributed by atoms with Gasteiger partial charge in [0, 0.05) is 31.4 Å². The van der Waals surface area contributed by atoms with Crippen LogP contribution in [-0.4, -0.2) is 52.9 Å². The molecule has 5 nitrogen and oxygen atoms in total. The van der Waals surface area contributed by atoms with Crippen molar-refractivity contribution in [3.8, 4) is 0 Å². The molecular weight excluding hydrogens is 346 g/mol. The summed E-state index contributed by atoms with van der Waals surface area (Å²) < 4.78 is 2.15. The van der Waals surface area contributed by atoms with Crippen LogP contribution in [0.2, 0.25) is 5.15 Å². The Morgan fingerprint density at radius 1 is 1.15 bits per heavy atom. The SMILES string of the molecule is Cc1c(C2=Cc3nc(Cl)ccc3N(C)C2)cnn1CCCN1CCCC1. The number of halogens is 1. The minimum atomic E-state index is 0.531. The molecule has 0 atom stereocenters. The number of hydrogen-bond acceptors (Lipinski definition) is 4. The Balaban J connectivity index is 1.50. The van der Waals surface area contributed by atoms with Gasteiger partial charge in [0.25, 0.3) is 0 Å². The molecule has 4 heterocycles. The molecule has 0 radical (unpaired) electrons. The fourth-order valence-electron chi connectivity index (χ4n) is 4.02. The average Bonchev–Trinajstić information content (AvgIpc) is 3.25. The summed E-state index contributed by atoms with van der Waals surface area (Å²) in [6, 6.07) is 3.88. The molecular formula is C20H26ClN5. The lowest BCUT2D eigenvalue weighted by Crippen LogP contribution is -2.24. The highest BCUT2D eigenvalue weighted by molar-refractivity contribution is 6.29. The van der Waals surface area contributed by atoms with Crippen LogP contribution in [0.4, 0.5) is 5.69 Å². The summed E-state index contributed by atoms with van der Waals surface area (Å²) >= 11 is 6.09. The van der Waals surface area contributed by atoms with Gasteiger partial charge in [0.2, 0.25) is 0 Å². The van der Waals surface area contributed by atoms with Gasteiger partial charge in [0.1, 0.15) is 5.15 Å². The Hall–Kier alpha value is -1.85. The van der Waals surface area contributed by atoms with Crippen LogP contribution in [0.5, 0.6) is 0 Å². The van der Waals surface area contributed by atoms with E-state index in [1.54, 1.807) is 0 Å². The van der Waals surface area contributed by atoms with Gasteiger partial charge in [-0.05, 0) is 69.6 Å². The van der Waals surface area contributed by atoms with Gasteiger partial charge in [-0.2, -0.15) is 5.10 Å². The minimum Gasteiger partial charge on any atom is -0.368 e. The van der Waals surface area contributed by atoms with Crippen molar-refractivity contribution in [1.29, 1.82) is 0 Å². The molecule has 2 aliphatic rings. The standard InChI is InChI=1S/C20H26ClN5/c1-15-17(13-22-26(15)11-5-10-25-8-3-4-9-25)16-12-18-19(24(2)14-16)6-7-20(21)23-18/h6-7,12-13H,3-5,8-11,14H2,1-2H3. The summed E-state index contributed by atoms with van der Waals surface area (Å²) in [4.78, 5) is 9.27. The summed E-state index contributed by atoms with van der Waals surface area (Å²) in [6.45, 7) is 7.70. The van der Waals surface area contributed by atoms with Crippen LogP contribution >= 0.6 is 11.6 Å². The summed E-state index contributed by atoms with van der Waals surface area (Å²) in [5, 5.41) is 5.18. The topological polar surface area (TPSA) is 37.2 Å². The lowest BCUT2D eigenvalue weighted by Gasteiger charge is -2.27. The quantitative estimate of drug-likeness (QED) is 0.751. The number of fused-ring (bicyclic) bond motifs is 1. The van der Waals surface area contributed by atoms with Gasteiger partial charge in [-0.25, -0.2) is 4.98 Å². The van der Waals surface area contributed by atoms with E-state index in [4.69, 9.17) is 11.6 Å². The van der Waals surface area contributed by atoms with Crippen molar-refractivity contribution in [3.63, 3.8) is 0 Å². The molecule has 1 saturated heterocycles. The number of aryl methyl sites for hydroxylation is 1. The second kappa shape index (κ2) is 7.41. The molecule has 1 fully saturated rings. The van der Waals surface area contributed by atoms with E-state index >= 15 is 0 Å². The van der Waals surface area contributed by atoms with Crippen LogP contribution in [0.25, 0.3) is 11.6 Å². The van der Waals surface area contributed by atoms with Crippen molar-refractivity contribution in [1.82, 2.24) is 19.7 Å². The van der Waals surface area contributed by atoms with Crippen LogP contribution < -0.4 is 4.90 Å². The molecule has 0 amide bonds. The maximum Gasteiger partial charge on any atom is 0.129 e. The zero-order chi connectivity index (χ0) is 18.1. The molecule has 26 heavy (non-hydrogen) atoms. The Bertz CT molecular complexity index is 820. The van der Waals surface area contributed by atoms with Gasteiger partial charge < -0.3 is 9.80 Å². The summed E-state index contributed by atoms with van der Waals surface area (Å²) in [5.74, 6) is 0. The molecule has 0 unspecified atom stereocenters. The van der Waals surface area contributed by atoms with Crippen LogP contribution in [0, 0.1) is 6.92 Å². The molecule has 0 bridgehead atoms. The molecule has 6 heteroatoms. The van der Waals surface area contributed by atoms with Gasteiger partial charge in [0.05, 0.1) is 17.6 Å². The van der Waals surface area contributed by atoms with E-state index in [2.05, 4.69) is 44.6 Å². The number of pyridine rings is 1. The van der Waals surface area contributed by atoms with E-state index < -0.39 is 0 Å². The zero-order valence-electron chi connectivity index (χ0n) is 15.6. The molecule has 2 aromatic heterocycles. The summed E-state index contributed by atoms with van der Waals surface area (Å²) in [5.41, 5.74) is 5.75. The monoisotopic (exact) mass is 371 g/mol. The van der Waals surface area contributed by atoms with Gasteiger partial charge in [0.15, 0.2) is 0 Å². The molecule has 138 valence electrons. The van der Waals surface area contributed by atoms with Gasteiger partial charge in [-0.1, -0.05) is 11.6 Å². The number of aromatic nitrogens is 3. The Kier molecular flexibility index (Phi) is 5.00. The Morgan fingerprint density at radius 2 is 1.96 bits per heavy atom. The molecule has 0 spiro atoms. The first-order valence-corrected chi connectivity index (χ1v) is 9.83. The summed E-state index contributed by atoms with van der Waals surface area (Å²) in [6.07, 6.45) is 8.01. The van der Waals surface area contributed by atoms with Crippen molar-refractivity contribution in [2.45, 2.75) is 32.7 Å².